The maximum Gasteiger partial charge on any atom is 0.0482 e. The molecule has 3 rings (SSSR count). The van der Waals surface area contributed by atoms with Gasteiger partial charge in [-0.3, -0.25) is 4.98 Å². The van der Waals surface area contributed by atoms with Gasteiger partial charge in [-0.05, 0) is 55.7 Å². The summed E-state index contributed by atoms with van der Waals surface area (Å²) in [5.74, 6) is 2.45. The Morgan fingerprint density at radius 2 is 2.33 bits per heavy atom. The highest BCUT2D eigenvalue weighted by molar-refractivity contribution is 5.30. The minimum absolute atomic E-state index is 0.655. The van der Waals surface area contributed by atoms with Crippen LogP contribution >= 0.6 is 0 Å². The number of rotatable bonds is 5. The van der Waals surface area contributed by atoms with Crippen molar-refractivity contribution in [1.29, 1.82) is 0 Å². The quantitative estimate of drug-likeness (QED) is 0.860. The monoisotopic (exact) mass is 244 g/mol. The van der Waals surface area contributed by atoms with Gasteiger partial charge in [-0.2, -0.15) is 0 Å². The summed E-state index contributed by atoms with van der Waals surface area (Å²) in [4.78, 5) is 4.66. The molecule has 2 nitrogen and oxygen atoms in total. The lowest BCUT2D eigenvalue weighted by molar-refractivity contribution is 0.373. The zero-order valence-electron chi connectivity index (χ0n) is 11.5. The fraction of sp³-hybridized carbons (Fsp3) is 0.688. The fourth-order valence-corrected chi connectivity index (χ4v) is 3.55. The van der Waals surface area contributed by atoms with Crippen LogP contribution in [0.25, 0.3) is 0 Å². The number of hydrogen-bond acceptors (Lipinski definition) is 2. The second-order valence-electron chi connectivity index (χ2n) is 6.05. The van der Waals surface area contributed by atoms with Crippen LogP contribution in [0, 0.1) is 11.8 Å². The van der Waals surface area contributed by atoms with E-state index < -0.39 is 0 Å². The Balaban J connectivity index is 1.79. The first kappa shape index (κ1) is 12.2. The number of nitrogens with one attached hydrogen (secondary N) is 1. The van der Waals surface area contributed by atoms with E-state index in [0.29, 0.717) is 12.0 Å². The van der Waals surface area contributed by atoms with Gasteiger partial charge in [0.2, 0.25) is 0 Å². The molecule has 0 amide bonds. The zero-order valence-corrected chi connectivity index (χ0v) is 11.5. The van der Waals surface area contributed by atoms with Crippen LogP contribution in [0.2, 0.25) is 0 Å². The van der Waals surface area contributed by atoms with E-state index >= 15 is 0 Å². The molecule has 98 valence electrons. The van der Waals surface area contributed by atoms with Crippen LogP contribution in [0.15, 0.2) is 18.3 Å². The van der Waals surface area contributed by atoms with Gasteiger partial charge < -0.3 is 5.32 Å². The molecule has 4 atom stereocenters. The van der Waals surface area contributed by atoms with E-state index in [-0.39, 0.29) is 0 Å². The van der Waals surface area contributed by atoms with E-state index in [1.54, 1.807) is 0 Å². The molecule has 0 saturated heterocycles. The summed E-state index contributed by atoms with van der Waals surface area (Å²) in [5.41, 5.74) is 2.87. The normalized spacial score (nSPS) is 31.1. The molecule has 1 fully saturated rings. The molecular weight excluding hydrogens is 220 g/mol. The molecule has 1 saturated carbocycles. The SMILES string of the molecule is CCCNC(C1CCc2cccnc21)C1CC1C. The highest BCUT2D eigenvalue weighted by Gasteiger charge is 2.44. The van der Waals surface area contributed by atoms with Gasteiger partial charge in [-0.1, -0.05) is 19.9 Å². The predicted molar refractivity (Wildman–Crippen MR) is 74.7 cm³/mol. The lowest BCUT2D eigenvalue weighted by Gasteiger charge is -2.25. The van der Waals surface area contributed by atoms with E-state index in [4.69, 9.17) is 0 Å². The van der Waals surface area contributed by atoms with Crippen LogP contribution in [0.4, 0.5) is 0 Å². The Kier molecular flexibility index (Phi) is 3.38. The third-order valence-electron chi connectivity index (χ3n) is 4.70. The van der Waals surface area contributed by atoms with Gasteiger partial charge in [0.15, 0.2) is 0 Å². The van der Waals surface area contributed by atoms with Crippen LogP contribution in [-0.2, 0) is 6.42 Å². The number of hydrogen-bond donors (Lipinski definition) is 1. The first-order valence-electron chi connectivity index (χ1n) is 7.48. The average molecular weight is 244 g/mol. The van der Waals surface area contributed by atoms with Crippen LogP contribution in [0.5, 0.6) is 0 Å². The average Bonchev–Trinajstić information content (AvgIpc) is 2.96. The second-order valence-corrected chi connectivity index (χ2v) is 6.05. The first-order chi connectivity index (χ1) is 8.81. The van der Waals surface area contributed by atoms with E-state index in [9.17, 15) is 0 Å². The van der Waals surface area contributed by atoms with Crippen molar-refractivity contribution in [1.82, 2.24) is 10.3 Å². The highest BCUT2D eigenvalue weighted by atomic mass is 14.9. The number of aryl methyl sites for hydroxylation is 1. The minimum atomic E-state index is 0.655. The summed E-state index contributed by atoms with van der Waals surface area (Å²) in [6, 6.07) is 5.00. The van der Waals surface area contributed by atoms with Crippen molar-refractivity contribution in [3.63, 3.8) is 0 Å². The molecular formula is C16H24N2. The largest absolute Gasteiger partial charge is 0.313 e. The summed E-state index contributed by atoms with van der Waals surface area (Å²) in [7, 11) is 0. The van der Waals surface area contributed by atoms with E-state index in [1.807, 2.05) is 6.20 Å². The van der Waals surface area contributed by atoms with Gasteiger partial charge in [0.25, 0.3) is 0 Å². The summed E-state index contributed by atoms with van der Waals surface area (Å²) in [6.45, 7) is 5.79. The van der Waals surface area contributed by atoms with E-state index in [2.05, 4.69) is 36.3 Å². The fourth-order valence-electron chi connectivity index (χ4n) is 3.55. The van der Waals surface area contributed by atoms with Crippen molar-refractivity contribution < 1.29 is 0 Å². The Hall–Kier alpha value is -0.890. The van der Waals surface area contributed by atoms with Crippen LogP contribution in [0.3, 0.4) is 0 Å². The highest BCUT2D eigenvalue weighted by Crippen LogP contribution is 2.47. The molecule has 1 N–H and O–H groups in total. The Morgan fingerprint density at radius 1 is 1.50 bits per heavy atom. The Labute approximate surface area is 110 Å². The molecule has 1 heterocycles. The van der Waals surface area contributed by atoms with Gasteiger partial charge in [-0.25, -0.2) is 0 Å². The van der Waals surface area contributed by atoms with Crippen molar-refractivity contribution in [2.24, 2.45) is 11.8 Å². The molecule has 0 aromatic carbocycles. The Bertz CT molecular complexity index is 415. The summed E-state index contributed by atoms with van der Waals surface area (Å²) in [6.07, 6.45) is 7.10. The van der Waals surface area contributed by atoms with Gasteiger partial charge >= 0.3 is 0 Å². The maximum absolute atomic E-state index is 4.66. The van der Waals surface area contributed by atoms with Crippen LogP contribution in [0.1, 0.15) is 50.3 Å². The van der Waals surface area contributed by atoms with E-state index in [1.165, 1.54) is 36.9 Å². The molecule has 0 radical (unpaired) electrons. The molecule has 1 aromatic rings. The van der Waals surface area contributed by atoms with Crippen molar-refractivity contribution >= 4 is 0 Å². The molecule has 4 unspecified atom stereocenters. The lowest BCUT2D eigenvalue weighted by atomic mass is 9.92. The number of pyridine rings is 1. The van der Waals surface area contributed by atoms with Gasteiger partial charge in [0.05, 0.1) is 0 Å². The molecule has 2 aliphatic carbocycles. The molecule has 18 heavy (non-hydrogen) atoms. The van der Waals surface area contributed by atoms with Crippen molar-refractivity contribution in [2.45, 2.75) is 51.5 Å². The zero-order chi connectivity index (χ0) is 12.5. The van der Waals surface area contributed by atoms with Gasteiger partial charge in [-0.15, -0.1) is 0 Å². The number of aromatic nitrogens is 1. The first-order valence-corrected chi connectivity index (χ1v) is 7.48. The maximum atomic E-state index is 4.66. The van der Waals surface area contributed by atoms with E-state index in [0.717, 1.165) is 18.4 Å². The molecule has 0 aliphatic heterocycles. The van der Waals surface area contributed by atoms with Crippen LogP contribution in [-0.4, -0.2) is 17.6 Å². The van der Waals surface area contributed by atoms with Crippen LogP contribution < -0.4 is 5.32 Å². The number of fused-ring (bicyclic) bond motifs is 1. The molecule has 0 spiro atoms. The van der Waals surface area contributed by atoms with Crippen molar-refractivity contribution in [3.05, 3.63) is 29.6 Å². The molecule has 2 aliphatic rings. The second kappa shape index (κ2) is 5.00. The predicted octanol–water partition coefficient (Wildman–Crippen LogP) is 3.14. The lowest BCUT2D eigenvalue weighted by Crippen LogP contribution is -2.37. The topological polar surface area (TPSA) is 24.9 Å². The minimum Gasteiger partial charge on any atom is -0.313 e. The van der Waals surface area contributed by atoms with Gasteiger partial charge in [0, 0.05) is 23.9 Å². The summed E-state index contributed by atoms with van der Waals surface area (Å²) >= 11 is 0. The van der Waals surface area contributed by atoms with Gasteiger partial charge in [0.1, 0.15) is 0 Å². The third-order valence-corrected chi connectivity index (χ3v) is 4.70. The van der Waals surface area contributed by atoms with Crippen molar-refractivity contribution in [2.75, 3.05) is 6.54 Å². The summed E-state index contributed by atoms with van der Waals surface area (Å²) in [5, 5.41) is 3.80. The molecule has 1 aromatic heterocycles. The Morgan fingerprint density at radius 3 is 3.06 bits per heavy atom. The number of nitrogens with zero attached hydrogens (tertiary/aromatic N) is 1. The standard InChI is InChI=1S/C16H24N2/c1-3-8-17-16(14-10-11(14)2)13-7-6-12-5-4-9-18-15(12)13/h4-5,9,11,13-14,16-17H,3,6-8,10H2,1-2H3. The smallest absolute Gasteiger partial charge is 0.0482 e. The third kappa shape index (κ3) is 2.18. The summed E-state index contributed by atoms with van der Waals surface area (Å²) < 4.78 is 0. The molecule has 2 heteroatoms. The molecule has 0 bridgehead atoms. The van der Waals surface area contributed by atoms with Crippen molar-refractivity contribution in [3.8, 4) is 0 Å².